The predicted molar refractivity (Wildman–Crippen MR) is 65.9 cm³/mol. The zero-order valence-corrected chi connectivity index (χ0v) is 10.7. The molecule has 6 nitrogen and oxygen atoms in total. The zero-order valence-electron chi connectivity index (χ0n) is 9.92. The highest BCUT2D eigenvalue weighted by atomic mass is 32.2. The molecule has 0 bridgehead atoms. The third kappa shape index (κ3) is 2.95. The smallest absolute Gasteiger partial charge is 0.308 e. The number of hydrogen-bond donors (Lipinski definition) is 2. The van der Waals surface area contributed by atoms with E-state index in [0.29, 0.717) is 24.5 Å². The Morgan fingerprint density at radius 3 is 2.83 bits per heavy atom. The molecule has 0 aromatic carbocycles. The van der Waals surface area contributed by atoms with Gasteiger partial charge in [-0.3, -0.25) is 14.4 Å². The number of carboxylic acids is 1. The van der Waals surface area contributed by atoms with E-state index in [1.54, 1.807) is 0 Å². The van der Waals surface area contributed by atoms with Gasteiger partial charge in [-0.25, -0.2) is 0 Å². The quantitative estimate of drug-likeness (QED) is 0.745. The van der Waals surface area contributed by atoms with E-state index in [9.17, 15) is 14.4 Å². The van der Waals surface area contributed by atoms with E-state index in [0.717, 1.165) is 6.42 Å². The van der Waals surface area contributed by atoms with Crippen molar-refractivity contribution in [1.82, 2.24) is 10.2 Å². The second kappa shape index (κ2) is 5.60. The van der Waals surface area contributed by atoms with Crippen molar-refractivity contribution in [3.63, 3.8) is 0 Å². The number of rotatable bonds is 4. The molecule has 2 atom stereocenters. The molecule has 2 rings (SSSR count). The van der Waals surface area contributed by atoms with Crippen LogP contribution in [0.2, 0.25) is 0 Å². The second-order valence-corrected chi connectivity index (χ2v) is 5.57. The average molecular weight is 272 g/mol. The normalized spacial score (nSPS) is 27.6. The summed E-state index contributed by atoms with van der Waals surface area (Å²) in [5, 5.41) is 11.7. The highest BCUT2D eigenvalue weighted by molar-refractivity contribution is 8.00. The van der Waals surface area contributed by atoms with E-state index in [1.165, 1.54) is 16.7 Å². The molecule has 0 aromatic rings. The number of carbonyl (C=O) groups is 3. The summed E-state index contributed by atoms with van der Waals surface area (Å²) in [7, 11) is 0. The van der Waals surface area contributed by atoms with Crippen LogP contribution in [0.3, 0.4) is 0 Å². The molecule has 0 spiro atoms. The molecule has 100 valence electrons. The number of aliphatic carboxylic acids is 1. The van der Waals surface area contributed by atoms with Crippen molar-refractivity contribution in [2.24, 2.45) is 5.92 Å². The van der Waals surface area contributed by atoms with Crippen molar-refractivity contribution in [3.8, 4) is 0 Å². The third-order valence-corrected chi connectivity index (χ3v) is 4.28. The minimum absolute atomic E-state index is 0.0312. The first-order chi connectivity index (χ1) is 8.58. The Morgan fingerprint density at radius 1 is 1.44 bits per heavy atom. The lowest BCUT2D eigenvalue weighted by Gasteiger charge is -2.20. The Hall–Kier alpha value is -1.24. The fourth-order valence-electron chi connectivity index (χ4n) is 2.39. The minimum Gasteiger partial charge on any atom is -0.481 e. The van der Waals surface area contributed by atoms with Crippen LogP contribution < -0.4 is 5.32 Å². The summed E-state index contributed by atoms with van der Waals surface area (Å²) in [5.74, 6) is -0.670. The van der Waals surface area contributed by atoms with Crippen LogP contribution in [0.5, 0.6) is 0 Å². The van der Waals surface area contributed by atoms with Gasteiger partial charge in [-0.1, -0.05) is 6.42 Å². The Bertz CT molecular complexity index is 374. The lowest BCUT2D eigenvalue weighted by Crippen LogP contribution is -2.45. The Morgan fingerprint density at radius 2 is 2.22 bits per heavy atom. The maximum absolute atomic E-state index is 11.8. The third-order valence-electron chi connectivity index (χ3n) is 3.34. The fraction of sp³-hybridized carbons (Fsp3) is 0.727. The van der Waals surface area contributed by atoms with E-state index < -0.39 is 11.9 Å². The van der Waals surface area contributed by atoms with E-state index in [1.807, 2.05) is 0 Å². The number of carboxylic acid groups (broad SMARTS) is 1. The molecule has 1 aliphatic carbocycles. The van der Waals surface area contributed by atoms with Gasteiger partial charge in [0.05, 0.1) is 17.5 Å². The summed E-state index contributed by atoms with van der Waals surface area (Å²) in [6.45, 7) is 0.0364. The molecule has 7 heteroatoms. The minimum atomic E-state index is -0.856. The molecule has 1 saturated heterocycles. The molecule has 0 radical (unpaired) electrons. The molecule has 2 N–H and O–H groups in total. The fourth-order valence-corrected chi connectivity index (χ4v) is 3.30. The van der Waals surface area contributed by atoms with Crippen LogP contribution >= 0.6 is 11.8 Å². The van der Waals surface area contributed by atoms with Gasteiger partial charge in [0.25, 0.3) is 0 Å². The van der Waals surface area contributed by atoms with Gasteiger partial charge in [-0.05, 0) is 12.8 Å². The van der Waals surface area contributed by atoms with Crippen LogP contribution in [0.4, 0.5) is 0 Å². The Labute approximate surface area is 109 Å². The molecule has 0 aromatic heterocycles. The van der Waals surface area contributed by atoms with Crippen LogP contribution in [0.25, 0.3) is 0 Å². The molecular weight excluding hydrogens is 256 g/mol. The van der Waals surface area contributed by atoms with Gasteiger partial charge in [-0.2, -0.15) is 0 Å². The number of nitrogens with zero attached hydrogens (tertiary/aromatic N) is 1. The number of nitrogens with one attached hydrogen (secondary N) is 1. The summed E-state index contributed by atoms with van der Waals surface area (Å²) in [6, 6.07) is -0.291. The van der Waals surface area contributed by atoms with Crippen molar-refractivity contribution in [2.45, 2.75) is 25.3 Å². The molecule has 1 aliphatic heterocycles. The topological polar surface area (TPSA) is 86.7 Å². The van der Waals surface area contributed by atoms with Crippen molar-refractivity contribution in [1.29, 1.82) is 0 Å². The van der Waals surface area contributed by atoms with Gasteiger partial charge >= 0.3 is 5.97 Å². The molecule has 1 saturated carbocycles. The van der Waals surface area contributed by atoms with Gasteiger partial charge in [0.2, 0.25) is 11.8 Å². The summed E-state index contributed by atoms with van der Waals surface area (Å²) in [5.41, 5.74) is 0. The summed E-state index contributed by atoms with van der Waals surface area (Å²) in [4.78, 5) is 35.6. The SMILES string of the molecule is O=C(CN1CSCC1=O)NC1CCCC1C(=O)O. The standard InChI is InChI=1S/C11H16N2O4S/c14-9(4-13-6-18-5-10(13)15)12-8-3-1-2-7(8)11(16)17/h7-8H,1-6H2,(H,12,14)(H,16,17). The molecule has 2 amide bonds. The van der Waals surface area contributed by atoms with Crippen molar-refractivity contribution >= 4 is 29.5 Å². The van der Waals surface area contributed by atoms with E-state index in [4.69, 9.17) is 5.11 Å². The summed E-state index contributed by atoms with van der Waals surface area (Å²) < 4.78 is 0. The first-order valence-electron chi connectivity index (χ1n) is 5.95. The molecule has 18 heavy (non-hydrogen) atoms. The van der Waals surface area contributed by atoms with Crippen LogP contribution in [-0.2, 0) is 14.4 Å². The largest absolute Gasteiger partial charge is 0.481 e. The van der Waals surface area contributed by atoms with Gasteiger partial charge in [0, 0.05) is 6.04 Å². The first kappa shape index (κ1) is 13.2. The van der Waals surface area contributed by atoms with E-state index >= 15 is 0 Å². The number of hydrogen-bond acceptors (Lipinski definition) is 4. The maximum atomic E-state index is 11.8. The van der Waals surface area contributed by atoms with Crippen molar-refractivity contribution < 1.29 is 19.5 Å². The van der Waals surface area contributed by atoms with E-state index in [2.05, 4.69) is 5.32 Å². The van der Waals surface area contributed by atoms with Crippen LogP contribution in [0.1, 0.15) is 19.3 Å². The second-order valence-electron chi connectivity index (χ2n) is 4.62. The zero-order chi connectivity index (χ0) is 13.1. The maximum Gasteiger partial charge on any atom is 0.308 e. The monoisotopic (exact) mass is 272 g/mol. The van der Waals surface area contributed by atoms with Crippen LogP contribution in [0.15, 0.2) is 0 Å². The van der Waals surface area contributed by atoms with Gasteiger partial charge in [0.15, 0.2) is 0 Å². The highest BCUT2D eigenvalue weighted by Gasteiger charge is 2.34. The van der Waals surface area contributed by atoms with Gasteiger partial charge < -0.3 is 15.3 Å². The van der Waals surface area contributed by atoms with Gasteiger partial charge in [0.1, 0.15) is 6.54 Å². The molecule has 2 aliphatic rings. The molecule has 1 heterocycles. The molecule has 2 unspecified atom stereocenters. The Kier molecular flexibility index (Phi) is 4.11. The summed E-state index contributed by atoms with van der Waals surface area (Å²) in [6.07, 6.45) is 2.13. The number of amides is 2. The van der Waals surface area contributed by atoms with Crippen molar-refractivity contribution in [3.05, 3.63) is 0 Å². The number of carbonyl (C=O) groups excluding carboxylic acids is 2. The predicted octanol–water partition coefficient (Wildman–Crippen LogP) is -0.111. The number of thioether (sulfide) groups is 1. The highest BCUT2D eigenvalue weighted by Crippen LogP contribution is 2.25. The Balaban J connectivity index is 1.83. The van der Waals surface area contributed by atoms with Crippen molar-refractivity contribution in [2.75, 3.05) is 18.2 Å². The molecule has 2 fully saturated rings. The van der Waals surface area contributed by atoms with Crippen LogP contribution in [-0.4, -0.2) is 52.0 Å². The van der Waals surface area contributed by atoms with E-state index in [-0.39, 0.29) is 24.4 Å². The summed E-state index contributed by atoms with van der Waals surface area (Å²) >= 11 is 1.48. The van der Waals surface area contributed by atoms with Gasteiger partial charge in [-0.15, -0.1) is 11.8 Å². The lowest BCUT2D eigenvalue weighted by atomic mass is 10.0. The average Bonchev–Trinajstić information content (AvgIpc) is 2.89. The molecular formula is C11H16N2O4S. The van der Waals surface area contributed by atoms with Crippen LogP contribution in [0, 0.1) is 5.92 Å². The lowest BCUT2D eigenvalue weighted by molar-refractivity contribution is -0.142. The first-order valence-corrected chi connectivity index (χ1v) is 7.11.